The molecule has 0 saturated heterocycles. The summed E-state index contributed by atoms with van der Waals surface area (Å²) in [7, 11) is 0. The minimum Gasteiger partial charge on any atom is -1.00 e. The normalized spacial score (nSPS) is 2.57. The predicted molar refractivity (Wildman–Crippen MR) is 25.5 cm³/mol. The van der Waals surface area contributed by atoms with Crippen molar-refractivity contribution >= 4 is 29.5 Å². The summed E-state index contributed by atoms with van der Waals surface area (Å²) in [5.41, 5.74) is 0. The average Bonchev–Trinajstić information content (AvgIpc) is 1.46. The van der Waals surface area contributed by atoms with Crippen LogP contribution in [0, 0.1) is 6.92 Å². The van der Waals surface area contributed by atoms with E-state index in [1.165, 1.54) is 0 Å². The van der Waals surface area contributed by atoms with Crippen molar-refractivity contribution in [2.24, 2.45) is 0 Å². The van der Waals surface area contributed by atoms with Gasteiger partial charge in [0, 0.05) is 0 Å². The van der Waals surface area contributed by atoms with E-state index in [1.807, 2.05) is 0 Å². The molecule has 2 nitrogen and oxygen atoms in total. The molecule has 0 unspecified atom stereocenters. The summed E-state index contributed by atoms with van der Waals surface area (Å²) in [4.78, 5) is 8.36. The van der Waals surface area contributed by atoms with E-state index >= 15 is 0 Å². The van der Waals surface area contributed by atoms with Crippen molar-refractivity contribution in [2.45, 2.75) is 6.92 Å². The Kier molecular flexibility index (Phi) is 268. The van der Waals surface area contributed by atoms with E-state index in [-0.39, 0.29) is 46.5 Å². The largest absolute Gasteiger partial charge is 2.00 e. The van der Waals surface area contributed by atoms with Gasteiger partial charge in [-0.2, -0.15) is 6.92 Å². The van der Waals surface area contributed by atoms with Crippen molar-refractivity contribution in [3.63, 3.8) is 0 Å². The Morgan fingerprint density at radius 1 is 1.57 bits per heavy atom. The maximum atomic E-state index is 8.36. The summed E-state index contributed by atoms with van der Waals surface area (Å²) in [5, 5.41) is 6.89. The molecule has 0 bridgehead atoms. The van der Waals surface area contributed by atoms with Crippen LogP contribution in [0.5, 0.6) is 0 Å². The summed E-state index contributed by atoms with van der Waals surface area (Å²) in [6.07, 6.45) is 0. The molecule has 0 aromatic carbocycles. The molecule has 0 spiro atoms. The number of carboxylic acid groups (broad SMARTS) is 1. The van der Waals surface area contributed by atoms with E-state index in [0.717, 1.165) is 0 Å². The number of rotatable bonds is 0. The summed E-state index contributed by atoms with van der Waals surface area (Å²) in [6.45, 7) is 4.75. The zero-order valence-corrected chi connectivity index (χ0v) is 7.23. The molecule has 0 rings (SSSR count). The second-order valence-electron chi connectivity index (χ2n) is 0.105. The zero-order chi connectivity index (χ0) is 4.71. The first kappa shape index (κ1) is 25.2. The van der Waals surface area contributed by atoms with Crippen LogP contribution in [0.2, 0.25) is 0 Å². The topological polar surface area (TPSA) is 37.3 Å². The smallest absolute Gasteiger partial charge is 1.00 e. The Morgan fingerprint density at radius 3 is 1.57 bits per heavy atom. The van der Waals surface area contributed by atoms with Crippen molar-refractivity contribution in [1.82, 2.24) is 0 Å². The SMILES string of the molecule is O=CO.[Br-].[CH2-]C.[Mg+2]. The van der Waals surface area contributed by atoms with Crippen LogP contribution in [0.15, 0.2) is 0 Å². The van der Waals surface area contributed by atoms with Crippen LogP contribution in [-0.4, -0.2) is 34.6 Å². The molecule has 0 aliphatic heterocycles. The van der Waals surface area contributed by atoms with Gasteiger partial charge < -0.3 is 29.0 Å². The summed E-state index contributed by atoms with van der Waals surface area (Å²) in [5.74, 6) is 0. The Hall–Kier alpha value is 0.716. The van der Waals surface area contributed by atoms with Gasteiger partial charge in [0.05, 0.1) is 0 Å². The quantitative estimate of drug-likeness (QED) is 0.247. The summed E-state index contributed by atoms with van der Waals surface area (Å²) < 4.78 is 0. The molecule has 0 aromatic rings. The van der Waals surface area contributed by atoms with Gasteiger partial charge in [-0.25, -0.2) is 0 Å². The van der Waals surface area contributed by atoms with Crippen molar-refractivity contribution < 1.29 is 26.9 Å². The number of carbonyl (C=O) groups is 1. The molecule has 0 radical (unpaired) electrons. The third-order valence-corrected chi connectivity index (χ3v) is 0. The molecule has 0 fully saturated rings. The van der Waals surface area contributed by atoms with Crippen LogP contribution in [-0.2, 0) is 4.79 Å². The van der Waals surface area contributed by atoms with Crippen molar-refractivity contribution in [1.29, 1.82) is 0 Å². The van der Waals surface area contributed by atoms with Gasteiger partial charge in [0.15, 0.2) is 0 Å². The number of halogens is 1. The van der Waals surface area contributed by atoms with Gasteiger partial charge >= 0.3 is 23.1 Å². The molecular formula is C3H7BrMgO2. The maximum Gasteiger partial charge on any atom is 2.00 e. The molecule has 0 aliphatic rings. The van der Waals surface area contributed by atoms with Gasteiger partial charge in [-0.1, -0.05) is 0 Å². The van der Waals surface area contributed by atoms with Crippen molar-refractivity contribution in [3.8, 4) is 0 Å². The first-order valence-electron chi connectivity index (χ1n) is 1.20. The van der Waals surface area contributed by atoms with Crippen LogP contribution in [0.25, 0.3) is 0 Å². The third-order valence-electron chi connectivity index (χ3n) is 0. The molecule has 0 atom stereocenters. The fourth-order valence-electron chi connectivity index (χ4n) is 0. The van der Waals surface area contributed by atoms with E-state index in [0.29, 0.717) is 0 Å². The molecular weight excluding hydrogens is 172 g/mol. The first-order chi connectivity index (χ1) is 2.41. The maximum absolute atomic E-state index is 8.36. The van der Waals surface area contributed by atoms with Gasteiger partial charge in [-0.05, 0) is 0 Å². The van der Waals surface area contributed by atoms with Crippen molar-refractivity contribution in [3.05, 3.63) is 6.92 Å². The van der Waals surface area contributed by atoms with Crippen LogP contribution in [0.4, 0.5) is 0 Å². The minimum absolute atomic E-state index is 0. The Bertz CT molecular complexity index is 20.4. The molecule has 40 valence electrons. The van der Waals surface area contributed by atoms with Gasteiger partial charge in [0.2, 0.25) is 0 Å². The van der Waals surface area contributed by atoms with Crippen LogP contribution in [0.3, 0.4) is 0 Å². The summed E-state index contributed by atoms with van der Waals surface area (Å²) in [6, 6.07) is 0. The molecule has 0 aromatic heterocycles. The zero-order valence-electron chi connectivity index (χ0n) is 4.22. The standard InChI is InChI=1S/C2H5.CH2O2.BrH.Mg/c1-2;2-1-3;;/h1H2,2H3;1H,(H,2,3);1H;/q-1;;;+2/p-1. The monoisotopic (exact) mass is 178 g/mol. The van der Waals surface area contributed by atoms with Crippen LogP contribution < -0.4 is 17.0 Å². The Balaban J connectivity index is -0.0000000105. The summed E-state index contributed by atoms with van der Waals surface area (Å²) >= 11 is 0. The second kappa shape index (κ2) is 74.5. The van der Waals surface area contributed by atoms with Gasteiger partial charge in [0.1, 0.15) is 0 Å². The predicted octanol–water partition coefficient (Wildman–Crippen LogP) is -2.84. The molecule has 1 N–H and O–H groups in total. The second-order valence-corrected chi connectivity index (χ2v) is 0.105. The molecule has 0 heterocycles. The minimum atomic E-state index is -0.250. The van der Waals surface area contributed by atoms with Crippen LogP contribution in [0.1, 0.15) is 6.92 Å². The molecule has 0 saturated carbocycles. The first-order valence-corrected chi connectivity index (χ1v) is 1.20. The third kappa shape index (κ3) is 291. The van der Waals surface area contributed by atoms with Gasteiger partial charge in [-0.3, -0.25) is 4.79 Å². The Morgan fingerprint density at radius 2 is 1.57 bits per heavy atom. The van der Waals surface area contributed by atoms with E-state index in [2.05, 4.69) is 6.92 Å². The molecule has 4 heteroatoms. The van der Waals surface area contributed by atoms with E-state index < -0.39 is 0 Å². The fourth-order valence-corrected chi connectivity index (χ4v) is 0. The average molecular weight is 179 g/mol. The van der Waals surface area contributed by atoms with E-state index in [1.54, 1.807) is 6.92 Å². The van der Waals surface area contributed by atoms with Crippen LogP contribution >= 0.6 is 0 Å². The Labute approximate surface area is 70.2 Å². The molecule has 0 amide bonds. The molecule has 7 heavy (non-hydrogen) atoms. The molecule has 0 aliphatic carbocycles. The number of hydrogen-bond donors (Lipinski definition) is 1. The fraction of sp³-hybridized carbons (Fsp3) is 0.333. The number of hydrogen-bond acceptors (Lipinski definition) is 1. The van der Waals surface area contributed by atoms with Gasteiger partial charge in [-0.15, -0.1) is 0 Å². The van der Waals surface area contributed by atoms with Crippen molar-refractivity contribution in [2.75, 3.05) is 0 Å². The van der Waals surface area contributed by atoms with E-state index in [4.69, 9.17) is 9.90 Å². The van der Waals surface area contributed by atoms with Gasteiger partial charge in [0.25, 0.3) is 6.47 Å². The van der Waals surface area contributed by atoms with E-state index in [9.17, 15) is 0 Å².